The molecular weight excluding hydrogens is 372 g/mol. The number of carbonyl (C=O) groups is 2. The predicted molar refractivity (Wildman–Crippen MR) is 108 cm³/mol. The molecule has 29 heavy (non-hydrogen) atoms. The Morgan fingerprint density at radius 1 is 1.24 bits per heavy atom. The van der Waals surface area contributed by atoms with Crippen LogP contribution in [0, 0.1) is 6.92 Å². The van der Waals surface area contributed by atoms with Crippen LogP contribution in [0.1, 0.15) is 30.0 Å². The second kappa shape index (κ2) is 8.53. The van der Waals surface area contributed by atoms with Crippen LogP contribution in [0.25, 0.3) is 5.76 Å². The van der Waals surface area contributed by atoms with E-state index in [2.05, 4.69) is 0 Å². The molecule has 1 fully saturated rings. The van der Waals surface area contributed by atoms with Crippen LogP contribution in [0.15, 0.2) is 46.4 Å². The first-order valence-electron chi connectivity index (χ1n) is 9.70. The second-order valence-corrected chi connectivity index (χ2v) is 7.36. The highest BCUT2D eigenvalue weighted by atomic mass is 16.5. The van der Waals surface area contributed by atoms with Crippen LogP contribution in [0.5, 0.6) is 5.75 Å². The average molecular weight is 399 g/mol. The van der Waals surface area contributed by atoms with Gasteiger partial charge in [0.05, 0.1) is 39.4 Å². The molecular formula is C22H27N2O5+. The number of hydrogen-bond donors (Lipinski definition) is 2. The van der Waals surface area contributed by atoms with Crippen molar-refractivity contribution in [1.29, 1.82) is 0 Å². The number of ether oxygens (including phenoxy) is 1. The molecule has 1 saturated heterocycles. The van der Waals surface area contributed by atoms with Gasteiger partial charge in [-0.05, 0) is 38.1 Å². The normalized spacial score (nSPS) is 18.7. The molecule has 0 spiro atoms. The van der Waals surface area contributed by atoms with Gasteiger partial charge in [0.25, 0.3) is 11.7 Å². The number of likely N-dealkylation sites (tertiary alicyclic amines) is 1. The Kier molecular flexibility index (Phi) is 6.08. The molecule has 7 nitrogen and oxygen atoms in total. The van der Waals surface area contributed by atoms with Crippen molar-refractivity contribution < 1.29 is 28.7 Å². The number of amides is 1. The number of likely N-dealkylation sites (N-methyl/N-ethyl adjacent to an activating group) is 1. The molecule has 2 heterocycles. The van der Waals surface area contributed by atoms with Crippen molar-refractivity contribution in [2.45, 2.75) is 19.9 Å². The largest absolute Gasteiger partial charge is 0.507 e. The quantitative estimate of drug-likeness (QED) is 0.419. The lowest BCUT2D eigenvalue weighted by molar-refractivity contribution is -0.857. The average Bonchev–Trinajstić information content (AvgIpc) is 3.21. The van der Waals surface area contributed by atoms with Crippen molar-refractivity contribution in [3.05, 3.63) is 59.1 Å². The lowest BCUT2D eigenvalue weighted by Gasteiger charge is -2.23. The van der Waals surface area contributed by atoms with Gasteiger partial charge in [-0.1, -0.05) is 12.1 Å². The lowest BCUT2D eigenvalue weighted by atomic mass is 9.99. The van der Waals surface area contributed by atoms with E-state index in [1.165, 1.54) is 4.90 Å². The number of ketones is 1. The van der Waals surface area contributed by atoms with Gasteiger partial charge in [0.2, 0.25) is 0 Å². The van der Waals surface area contributed by atoms with Gasteiger partial charge in [0.1, 0.15) is 29.1 Å². The topological polar surface area (TPSA) is 84.4 Å². The molecule has 1 aliphatic rings. The number of aliphatic hydroxyl groups is 1. The molecule has 1 atom stereocenters. The number of nitrogens with one attached hydrogen (secondary N) is 1. The lowest BCUT2D eigenvalue weighted by Crippen LogP contribution is -3.06. The molecule has 1 aromatic heterocycles. The number of quaternary nitrogens is 1. The summed E-state index contributed by atoms with van der Waals surface area (Å²) in [7, 11) is 3.95. The molecule has 0 aliphatic carbocycles. The molecule has 3 rings (SSSR count). The van der Waals surface area contributed by atoms with Crippen molar-refractivity contribution in [2.75, 3.05) is 33.8 Å². The number of nitrogens with zero attached hydrogens (tertiary/aromatic N) is 1. The molecule has 0 unspecified atom stereocenters. The molecule has 154 valence electrons. The van der Waals surface area contributed by atoms with Crippen molar-refractivity contribution in [1.82, 2.24) is 4.90 Å². The minimum absolute atomic E-state index is 0.0340. The monoisotopic (exact) mass is 399 g/mol. The standard InChI is InChI=1S/C22H26N2O5/c1-5-28-16-8-6-7-15(13-16)20(25)18-19(17-10-9-14(2)29-17)24(12-11-23(3)4)22(27)21(18)26/h6-10,13,19,25H,5,11-12H2,1-4H3/p+1/t19-/m0/s1. The summed E-state index contributed by atoms with van der Waals surface area (Å²) in [5, 5.41) is 11.0. The van der Waals surface area contributed by atoms with Crippen LogP contribution in [-0.4, -0.2) is 55.5 Å². The summed E-state index contributed by atoms with van der Waals surface area (Å²) in [5.74, 6) is 0.126. The van der Waals surface area contributed by atoms with Crippen LogP contribution < -0.4 is 9.64 Å². The Balaban J connectivity index is 2.10. The van der Waals surface area contributed by atoms with Gasteiger partial charge in [-0.2, -0.15) is 0 Å². The third-order valence-corrected chi connectivity index (χ3v) is 4.84. The smallest absolute Gasteiger partial charge is 0.295 e. The summed E-state index contributed by atoms with van der Waals surface area (Å²) in [6.07, 6.45) is 0. The Hall–Kier alpha value is -3.06. The summed E-state index contributed by atoms with van der Waals surface area (Å²) in [4.78, 5) is 28.3. The molecule has 7 heteroatoms. The third kappa shape index (κ3) is 4.19. The first-order chi connectivity index (χ1) is 13.8. The van der Waals surface area contributed by atoms with E-state index < -0.39 is 17.7 Å². The van der Waals surface area contributed by atoms with E-state index in [9.17, 15) is 14.7 Å². The van der Waals surface area contributed by atoms with E-state index in [0.29, 0.717) is 42.5 Å². The molecule has 1 amide bonds. The zero-order valence-corrected chi connectivity index (χ0v) is 17.2. The van der Waals surface area contributed by atoms with Crippen molar-refractivity contribution in [2.24, 2.45) is 0 Å². The van der Waals surface area contributed by atoms with Gasteiger partial charge in [0, 0.05) is 5.56 Å². The van der Waals surface area contributed by atoms with E-state index in [1.807, 2.05) is 21.0 Å². The van der Waals surface area contributed by atoms with Crippen LogP contribution in [0.2, 0.25) is 0 Å². The van der Waals surface area contributed by atoms with Crippen molar-refractivity contribution >= 4 is 17.4 Å². The van der Waals surface area contributed by atoms with Gasteiger partial charge >= 0.3 is 0 Å². The zero-order valence-electron chi connectivity index (χ0n) is 17.2. The minimum Gasteiger partial charge on any atom is -0.507 e. The summed E-state index contributed by atoms with van der Waals surface area (Å²) >= 11 is 0. The highest BCUT2D eigenvalue weighted by Gasteiger charge is 2.47. The van der Waals surface area contributed by atoms with E-state index >= 15 is 0 Å². The number of rotatable bonds is 7. The maximum Gasteiger partial charge on any atom is 0.295 e. The summed E-state index contributed by atoms with van der Waals surface area (Å²) in [6.45, 7) is 5.17. The van der Waals surface area contributed by atoms with E-state index in [4.69, 9.17) is 9.15 Å². The fourth-order valence-electron chi connectivity index (χ4n) is 3.41. The Morgan fingerprint density at radius 3 is 2.62 bits per heavy atom. The fourth-order valence-corrected chi connectivity index (χ4v) is 3.41. The van der Waals surface area contributed by atoms with E-state index in [0.717, 1.165) is 4.90 Å². The number of benzene rings is 1. The van der Waals surface area contributed by atoms with E-state index in [-0.39, 0.29) is 11.3 Å². The van der Waals surface area contributed by atoms with Gasteiger partial charge in [-0.15, -0.1) is 0 Å². The molecule has 0 radical (unpaired) electrons. The van der Waals surface area contributed by atoms with Crippen LogP contribution >= 0.6 is 0 Å². The minimum atomic E-state index is -0.765. The maximum atomic E-state index is 12.9. The highest BCUT2D eigenvalue weighted by Crippen LogP contribution is 2.40. The number of Topliss-reactive ketones (excluding diaryl/α,β-unsaturated/α-hetero) is 1. The summed E-state index contributed by atoms with van der Waals surface area (Å²) < 4.78 is 11.2. The molecule has 2 aromatic rings. The number of aryl methyl sites for hydroxylation is 1. The van der Waals surface area contributed by atoms with Crippen LogP contribution in [0.4, 0.5) is 0 Å². The number of hydrogen-bond acceptors (Lipinski definition) is 5. The molecule has 0 saturated carbocycles. The van der Waals surface area contributed by atoms with Crippen molar-refractivity contribution in [3.8, 4) is 5.75 Å². The molecule has 2 N–H and O–H groups in total. The summed E-state index contributed by atoms with van der Waals surface area (Å²) in [5.41, 5.74) is 0.451. The highest BCUT2D eigenvalue weighted by molar-refractivity contribution is 6.46. The Bertz CT molecular complexity index is 944. The van der Waals surface area contributed by atoms with Gasteiger partial charge in [0.15, 0.2) is 0 Å². The first kappa shape index (κ1) is 20.7. The molecule has 0 bridgehead atoms. The second-order valence-electron chi connectivity index (χ2n) is 7.36. The van der Waals surface area contributed by atoms with Crippen LogP contribution in [0.3, 0.4) is 0 Å². The fraction of sp³-hybridized carbons (Fsp3) is 0.364. The Labute approximate surface area is 170 Å². The third-order valence-electron chi connectivity index (χ3n) is 4.84. The molecule has 1 aromatic carbocycles. The van der Waals surface area contributed by atoms with Gasteiger partial charge < -0.3 is 24.1 Å². The number of furan rings is 1. The molecule has 1 aliphatic heterocycles. The van der Waals surface area contributed by atoms with Gasteiger partial charge in [-0.3, -0.25) is 9.59 Å². The Morgan fingerprint density at radius 2 is 2.00 bits per heavy atom. The van der Waals surface area contributed by atoms with Crippen molar-refractivity contribution in [3.63, 3.8) is 0 Å². The van der Waals surface area contributed by atoms with E-state index in [1.54, 1.807) is 43.3 Å². The maximum absolute atomic E-state index is 12.9. The SMILES string of the molecule is CCOc1cccc(C(O)=C2C(=O)C(=O)N(CC[NH+](C)C)[C@H]2c2ccc(C)o2)c1. The first-order valence-corrected chi connectivity index (χ1v) is 9.70. The number of aliphatic hydroxyl groups excluding tert-OH is 1. The van der Waals surface area contributed by atoms with Crippen LogP contribution in [-0.2, 0) is 9.59 Å². The predicted octanol–water partition coefficient (Wildman–Crippen LogP) is 1.55. The number of carbonyl (C=O) groups excluding carboxylic acids is 2. The zero-order chi connectivity index (χ0) is 21.1. The summed E-state index contributed by atoms with van der Waals surface area (Å²) in [6, 6.07) is 9.59. The van der Waals surface area contributed by atoms with Gasteiger partial charge in [-0.25, -0.2) is 0 Å².